The van der Waals surface area contributed by atoms with E-state index in [4.69, 9.17) is 4.74 Å². The maximum Gasteiger partial charge on any atom is 0.235 e. The molecule has 25 heavy (non-hydrogen) atoms. The third-order valence-electron chi connectivity index (χ3n) is 5.48. The van der Waals surface area contributed by atoms with Gasteiger partial charge in [-0.25, -0.2) is 4.68 Å². The van der Waals surface area contributed by atoms with Gasteiger partial charge >= 0.3 is 0 Å². The fraction of sp³-hybridized carbons (Fsp3) is 0.722. The molecule has 1 aliphatic carbocycles. The second-order valence-electron chi connectivity index (χ2n) is 7.40. The molecular formula is C18H27N5O2. The van der Waals surface area contributed by atoms with Crippen molar-refractivity contribution in [3.63, 3.8) is 0 Å². The third kappa shape index (κ3) is 3.36. The van der Waals surface area contributed by atoms with Crippen molar-refractivity contribution in [2.75, 3.05) is 20.2 Å². The molecule has 0 bridgehead atoms. The molecule has 7 nitrogen and oxygen atoms in total. The van der Waals surface area contributed by atoms with Crippen molar-refractivity contribution in [3.05, 3.63) is 11.3 Å². The smallest absolute Gasteiger partial charge is 0.235 e. The van der Waals surface area contributed by atoms with Crippen molar-refractivity contribution in [2.24, 2.45) is 13.0 Å². The van der Waals surface area contributed by atoms with E-state index >= 15 is 0 Å². The monoisotopic (exact) mass is 345 g/mol. The van der Waals surface area contributed by atoms with Crippen LogP contribution in [0, 0.1) is 24.2 Å². The van der Waals surface area contributed by atoms with Crippen LogP contribution in [-0.2, 0) is 11.8 Å². The first-order valence-corrected chi connectivity index (χ1v) is 8.93. The number of ether oxygens (including phenoxy) is 1. The van der Waals surface area contributed by atoms with Crippen LogP contribution in [0.1, 0.15) is 49.9 Å². The average molecular weight is 345 g/mol. The van der Waals surface area contributed by atoms with E-state index < -0.39 is 5.54 Å². The first-order chi connectivity index (χ1) is 11.9. The number of hydrogen-bond acceptors (Lipinski definition) is 5. The van der Waals surface area contributed by atoms with Gasteiger partial charge in [-0.15, -0.1) is 0 Å². The van der Waals surface area contributed by atoms with Crippen LogP contribution in [-0.4, -0.2) is 46.3 Å². The van der Waals surface area contributed by atoms with Gasteiger partial charge in [-0.2, -0.15) is 10.4 Å². The Morgan fingerprint density at radius 1 is 1.48 bits per heavy atom. The fourth-order valence-electron chi connectivity index (χ4n) is 4.02. The zero-order valence-corrected chi connectivity index (χ0v) is 15.5. The van der Waals surface area contributed by atoms with Gasteiger partial charge in [0.15, 0.2) is 0 Å². The van der Waals surface area contributed by atoms with Crippen molar-refractivity contribution in [3.8, 4) is 11.9 Å². The Balaban J connectivity index is 1.72. The second-order valence-corrected chi connectivity index (χ2v) is 7.40. The van der Waals surface area contributed by atoms with Crippen LogP contribution < -0.4 is 10.1 Å². The Bertz CT molecular complexity index is 703. The van der Waals surface area contributed by atoms with E-state index in [0.29, 0.717) is 6.54 Å². The molecule has 2 atom stereocenters. The van der Waals surface area contributed by atoms with Crippen molar-refractivity contribution in [2.45, 2.75) is 51.1 Å². The van der Waals surface area contributed by atoms with Gasteiger partial charge in [0.25, 0.3) is 0 Å². The molecule has 1 saturated carbocycles. The van der Waals surface area contributed by atoms with Crippen molar-refractivity contribution >= 4 is 5.91 Å². The molecule has 0 unspecified atom stereocenters. The summed E-state index contributed by atoms with van der Waals surface area (Å²) in [6, 6.07) is 2.41. The number of likely N-dealkylation sites (tertiary alicyclic amines) is 1. The second kappa shape index (κ2) is 6.68. The Kier molecular flexibility index (Phi) is 4.74. The Morgan fingerprint density at radius 2 is 2.20 bits per heavy atom. The minimum absolute atomic E-state index is 0.0802. The SMILES string of the molecule is COc1c([C@@H]2CCCN2CC(=O)N[C@](C)(C#N)C2CC2)c(C)nn1C. The maximum atomic E-state index is 12.6. The molecule has 7 heteroatoms. The highest BCUT2D eigenvalue weighted by Gasteiger charge is 2.43. The van der Waals surface area contributed by atoms with Gasteiger partial charge < -0.3 is 10.1 Å². The number of carbonyl (C=O) groups excluding carboxylic acids is 1. The highest BCUT2D eigenvalue weighted by Crippen LogP contribution is 2.40. The van der Waals surface area contributed by atoms with E-state index in [1.807, 2.05) is 20.9 Å². The first kappa shape index (κ1) is 17.7. The van der Waals surface area contributed by atoms with Gasteiger partial charge in [-0.05, 0) is 52.0 Å². The zero-order valence-electron chi connectivity index (χ0n) is 15.5. The summed E-state index contributed by atoms with van der Waals surface area (Å²) in [4.78, 5) is 14.7. The normalized spacial score (nSPS) is 23.1. The molecule has 136 valence electrons. The number of aryl methyl sites for hydroxylation is 2. The van der Waals surface area contributed by atoms with Crippen LogP contribution in [0.4, 0.5) is 0 Å². The first-order valence-electron chi connectivity index (χ1n) is 8.93. The number of nitrogens with one attached hydrogen (secondary N) is 1. The molecule has 3 rings (SSSR count). The number of methoxy groups -OCH3 is 1. The minimum Gasteiger partial charge on any atom is -0.481 e. The summed E-state index contributed by atoms with van der Waals surface area (Å²) >= 11 is 0. The van der Waals surface area contributed by atoms with Crippen LogP contribution in [0.15, 0.2) is 0 Å². The van der Waals surface area contributed by atoms with E-state index in [1.165, 1.54) is 0 Å². The summed E-state index contributed by atoms with van der Waals surface area (Å²) < 4.78 is 7.28. The summed E-state index contributed by atoms with van der Waals surface area (Å²) in [5, 5.41) is 16.9. The highest BCUT2D eigenvalue weighted by molar-refractivity contribution is 5.79. The summed E-state index contributed by atoms with van der Waals surface area (Å²) in [5.41, 5.74) is 1.27. The molecule has 2 aliphatic rings. The third-order valence-corrected chi connectivity index (χ3v) is 5.48. The molecule has 0 aromatic carbocycles. The van der Waals surface area contributed by atoms with Crippen molar-refractivity contribution < 1.29 is 9.53 Å². The maximum absolute atomic E-state index is 12.6. The van der Waals surface area contributed by atoms with Crippen LogP contribution in [0.5, 0.6) is 5.88 Å². The molecule has 1 aromatic heterocycles. The Hall–Kier alpha value is -2.07. The number of nitriles is 1. The van der Waals surface area contributed by atoms with Gasteiger partial charge in [0.05, 0.1) is 31.0 Å². The predicted octanol–water partition coefficient (Wildman–Crippen LogP) is 1.68. The molecule has 2 fully saturated rings. The minimum atomic E-state index is -0.742. The molecule has 0 radical (unpaired) electrons. The molecular weight excluding hydrogens is 318 g/mol. The topological polar surface area (TPSA) is 83.2 Å². The lowest BCUT2D eigenvalue weighted by Gasteiger charge is -2.28. The molecule has 1 N–H and O–H groups in total. The molecule has 1 saturated heterocycles. The molecule has 0 spiro atoms. The number of rotatable bonds is 6. The van der Waals surface area contributed by atoms with Crippen LogP contribution in [0.25, 0.3) is 0 Å². The zero-order chi connectivity index (χ0) is 18.2. The number of aromatic nitrogens is 2. The molecule has 1 amide bonds. The van der Waals surface area contributed by atoms with Crippen molar-refractivity contribution in [1.29, 1.82) is 5.26 Å². The molecule has 2 heterocycles. The van der Waals surface area contributed by atoms with Crippen LogP contribution in [0.3, 0.4) is 0 Å². The van der Waals surface area contributed by atoms with Gasteiger partial charge in [0, 0.05) is 13.1 Å². The predicted molar refractivity (Wildman–Crippen MR) is 92.9 cm³/mol. The number of amides is 1. The molecule has 1 aromatic rings. The Labute approximate surface area is 148 Å². The summed E-state index contributed by atoms with van der Waals surface area (Å²) in [7, 11) is 3.52. The average Bonchev–Trinajstić information content (AvgIpc) is 3.27. The van der Waals surface area contributed by atoms with E-state index in [0.717, 1.165) is 49.4 Å². The lowest BCUT2D eigenvalue weighted by Crippen LogP contribution is -2.50. The summed E-state index contributed by atoms with van der Waals surface area (Å²) in [6.07, 6.45) is 4.05. The van der Waals surface area contributed by atoms with Gasteiger partial charge in [0.2, 0.25) is 11.8 Å². The highest BCUT2D eigenvalue weighted by atomic mass is 16.5. The Morgan fingerprint density at radius 3 is 2.80 bits per heavy atom. The standard InChI is InChI=1S/C18H27N5O2/c1-12-16(17(25-4)22(3)21-12)14-6-5-9-23(14)10-15(24)20-18(2,11-19)13-7-8-13/h13-14H,5-10H2,1-4H3,(H,20,24)/t14-,18+/m0/s1. The van der Waals surface area contributed by atoms with Crippen LogP contribution in [0.2, 0.25) is 0 Å². The van der Waals surface area contributed by atoms with E-state index in [1.54, 1.807) is 11.8 Å². The van der Waals surface area contributed by atoms with E-state index in [2.05, 4.69) is 21.4 Å². The number of nitrogens with zero attached hydrogens (tertiary/aromatic N) is 4. The van der Waals surface area contributed by atoms with Gasteiger partial charge in [-0.1, -0.05) is 0 Å². The number of carbonyl (C=O) groups is 1. The summed E-state index contributed by atoms with van der Waals surface area (Å²) in [6.45, 7) is 4.97. The quantitative estimate of drug-likeness (QED) is 0.848. The van der Waals surface area contributed by atoms with Crippen LogP contribution >= 0.6 is 0 Å². The van der Waals surface area contributed by atoms with Gasteiger partial charge in [0.1, 0.15) is 5.54 Å². The summed E-state index contributed by atoms with van der Waals surface area (Å²) in [5.74, 6) is 0.967. The van der Waals surface area contributed by atoms with E-state index in [9.17, 15) is 10.1 Å². The fourth-order valence-corrected chi connectivity index (χ4v) is 4.02. The largest absolute Gasteiger partial charge is 0.481 e. The van der Waals surface area contributed by atoms with Gasteiger partial charge in [-0.3, -0.25) is 9.69 Å². The number of hydrogen-bond donors (Lipinski definition) is 1. The van der Waals surface area contributed by atoms with E-state index in [-0.39, 0.29) is 17.9 Å². The van der Waals surface area contributed by atoms with Crippen molar-refractivity contribution in [1.82, 2.24) is 20.0 Å². The molecule has 1 aliphatic heterocycles. The lowest BCUT2D eigenvalue weighted by molar-refractivity contribution is -0.123. The lowest BCUT2D eigenvalue weighted by atomic mass is 9.98.